The van der Waals surface area contributed by atoms with E-state index in [0.29, 0.717) is 26.2 Å². The molecule has 1 unspecified atom stereocenters. The summed E-state index contributed by atoms with van der Waals surface area (Å²) < 4.78 is 26.9. The largest absolute Gasteiger partial charge is 0.330 e. The molecule has 1 aliphatic heterocycles. The number of hydrogen-bond donors (Lipinski definition) is 1. The molecule has 1 saturated heterocycles. The molecule has 1 heterocycles. The Morgan fingerprint density at radius 2 is 2.13 bits per heavy atom. The smallest absolute Gasteiger partial charge is 0.281 e. The molecule has 0 aromatic carbocycles. The predicted octanol–water partition coefficient (Wildman–Crippen LogP) is -0.146. The van der Waals surface area contributed by atoms with Crippen molar-refractivity contribution in [3.8, 4) is 0 Å². The third kappa shape index (κ3) is 2.50. The second kappa shape index (κ2) is 4.37. The lowest BCUT2D eigenvalue weighted by Gasteiger charge is -2.25. The van der Waals surface area contributed by atoms with Crippen LogP contribution in [0.2, 0.25) is 0 Å². The van der Waals surface area contributed by atoms with Gasteiger partial charge in [-0.2, -0.15) is 17.0 Å². The highest BCUT2D eigenvalue weighted by Crippen LogP contribution is 2.30. The Labute approximate surface area is 92.4 Å². The van der Waals surface area contributed by atoms with Gasteiger partial charge in [-0.25, -0.2) is 0 Å². The number of nitrogens with zero attached hydrogens (tertiary/aromatic N) is 2. The van der Waals surface area contributed by atoms with Crippen LogP contribution in [0.15, 0.2) is 0 Å². The molecule has 0 saturated carbocycles. The van der Waals surface area contributed by atoms with E-state index in [-0.39, 0.29) is 5.41 Å². The maximum Gasteiger partial charge on any atom is 0.281 e. The standard InChI is InChI=1S/C9H21N3O2S/c1-4-11(3)15(13,14)12-6-5-9(2,7-10)8-12/h4-8,10H2,1-3H3. The molecule has 6 heteroatoms. The van der Waals surface area contributed by atoms with Crippen molar-refractivity contribution in [2.75, 3.05) is 33.2 Å². The van der Waals surface area contributed by atoms with Crippen molar-refractivity contribution in [3.63, 3.8) is 0 Å². The van der Waals surface area contributed by atoms with Crippen LogP contribution in [0.4, 0.5) is 0 Å². The van der Waals surface area contributed by atoms with Gasteiger partial charge in [0, 0.05) is 26.7 Å². The van der Waals surface area contributed by atoms with Crippen LogP contribution in [0.25, 0.3) is 0 Å². The fourth-order valence-corrected chi connectivity index (χ4v) is 3.22. The van der Waals surface area contributed by atoms with Gasteiger partial charge in [-0.15, -0.1) is 0 Å². The van der Waals surface area contributed by atoms with Gasteiger partial charge in [0.15, 0.2) is 0 Å². The van der Waals surface area contributed by atoms with Crippen LogP contribution in [0, 0.1) is 5.41 Å². The number of hydrogen-bond acceptors (Lipinski definition) is 3. The van der Waals surface area contributed by atoms with Gasteiger partial charge in [-0.1, -0.05) is 13.8 Å². The van der Waals surface area contributed by atoms with E-state index >= 15 is 0 Å². The number of nitrogens with two attached hydrogens (primary N) is 1. The minimum atomic E-state index is -3.26. The van der Waals surface area contributed by atoms with E-state index in [1.807, 2.05) is 13.8 Å². The maximum atomic E-state index is 12.0. The lowest BCUT2D eigenvalue weighted by Crippen LogP contribution is -2.42. The summed E-state index contributed by atoms with van der Waals surface area (Å²) in [6.07, 6.45) is 0.848. The van der Waals surface area contributed by atoms with Crippen molar-refractivity contribution >= 4 is 10.2 Å². The molecule has 0 aromatic rings. The Hall–Kier alpha value is -0.170. The van der Waals surface area contributed by atoms with E-state index in [9.17, 15) is 8.42 Å². The summed E-state index contributed by atoms with van der Waals surface area (Å²) in [6, 6.07) is 0. The number of rotatable bonds is 4. The summed E-state index contributed by atoms with van der Waals surface area (Å²) >= 11 is 0. The SMILES string of the molecule is CCN(C)S(=O)(=O)N1CCC(C)(CN)C1. The van der Waals surface area contributed by atoms with Gasteiger partial charge in [-0.05, 0) is 18.4 Å². The Bertz CT molecular complexity index is 317. The van der Waals surface area contributed by atoms with Crippen molar-refractivity contribution < 1.29 is 8.42 Å². The molecule has 1 atom stereocenters. The highest BCUT2D eigenvalue weighted by atomic mass is 32.2. The van der Waals surface area contributed by atoms with E-state index in [2.05, 4.69) is 0 Å². The first-order chi connectivity index (χ1) is 6.85. The summed E-state index contributed by atoms with van der Waals surface area (Å²) in [5.74, 6) is 0. The molecular formula is C9H21N3O2S. The van der Waals surface area contributed by atoms with Crippen molar-refractivity contribution in [2.45, 2.75) is 20.3 Å². The predicted molar refractivity (Wildman–Crippen MR) is 60.6 cm³/mol. The minimum Gasteiger partial charge on any atom is -0.330 e. The normalized spacial score (nSPS) is 28.9. The Morgan fingerprint density at radius 1 is 1.53 bits per heavy atom. The first-order valence-corrected chi connectivity index (χ1v) is 6.67. The van der Waals surface area contributed by atoms with Crippen molar-refractivity contribution in [1.29, 1.82) is 0 Å². The fraction of sp³-hybridized carbons (Fsp3) is 1.00. The lowest BCUT2D eigenvalue weighted by atomic mass is 9.90. The second-order valence-corrected chi connectivity index (χ2v) is 6.56. The van der Waals surface area contributed by atoms with Crippen LogP contribution in [-0.2, 0) is 10.2 Å². The van der Waals surface area contributed by atoms with E-state index in [1.165, 1.54) is 8.61 Å². The zero-order chi connectivity index (χ0) is 11.7. The Morgan fingerprint density at radius 3 is 2.53 bits per heavy atom. The van der Waals surface area contributed by atoms with Crippen molar-refractivity contribution in [2.24, 2.45) is 11.1 Å². The van der Waals surface area contributed by atoms with Gasteiger partial charge in [0.25, 0.3) is 10.2 Å². The quantitative estimate of drug-likeness (QED) is 0.737. The zero-order valence-electron chi connectivity index (χ0n) is 9.73. The van der Waals surface area contributed by atoms with Crippen LogP contribution in [0.3, 0.4) is 0 Å². The molecule has 0 bridgehead atoms. The van der Waals surface area contributed by atoms with Crippen molar-refractivity contribution in [1.82, 2.24) is 8.61 Å². The van der Waals surface area contributed by atoms with Crippen LogP contribution in [-0.4, -0.2) is 50.3 Å². The molecule has 90 valence electrons. The molecule has 1 aliphatic rings. The van der Waals surface area contributed by atoms with Crippen LogP contribution < -0.4 is 5.73 Å². The van der Waals surface area contributed by atoms with Crippen molar-refractivity contribution in [3.05, 3.63) is 0 Å². The molecule has 0 aromatic heterocycles. The van der Waals surface area contributed by atoms with Crippen LogP contribution in [0.5, 0.6) is 0 Å². The lowest BCUT2D eigenvalue weighted by molar-refractivity contribution is 0.336. The fourth-order valence-electron chi connectivity index (χ4n) is 1.70. The molecule has 0 radical (unpaired) electrons. The second-order valence-electron chi connectivity index (χ2n) is 4.52. The van der Waals surface area contributed by atoms with Gasteiger partial charge in [0.05, 0.1) is 0 Å². The van der Waals surface area contributed by atoms with Crippen LogP contribution in [0.1, 0.15) is 20.3 Å². The molecular weight excluding hydrogens is 214 g/mol. The highest BCUT2D eigenvalue weighted by molar-refractivity contribution is 7.86. The Kier molecular flexibility index (Phi) is 3.76. The highest BCUT2D eigenvalue weighted by Gasteiger charge is 2.39. The van der Waals surface area contributed by atoms with E-state index in [0.717, 1.165) is 6.42 Å². The van der Waals surface area contributed by atoms with Gasteiger partial charge < -0.3 is 5.73 Å². The minimum absolute atomic E-state index is 0.0539. The summed E-state index contributed by atoms with van der Waals surface area (Å²) in [7, 11) is -1.65. The summed E-state index contributed by atoms with van der Waals surface area (Å²) in [5.41, 5.74) is 5.59. The molecule has 0 spiro atoms. The third-order valence-electron chi connectivity index (χ3n) is 3.18. The molecule has 15 heavy (non-hydrogen) atoms. The van der Waals surface area contributed by atoms with E-state index < -0.39 is 10.2 Å². The van der Waals surface area contributed by atoms with Gasteiger partial charge in [0.2, 0.25) is 0 Å². The topological polar surface area (TPSA) is 66.6 Å². The summed E-state index contributed by atoms with van der Waals surface area (Å²) in [6.45, 7) is 6.02. The molecule has 2 N–H and O–H groups in total. The molecule has 1 fully saturated rings. The average Bonchev–Trinajstić information content (AvgIpc) is 2.61. The van der Waals surface area contributed by atoms with E-state index in [1.54, 1.807) is 7.05 Å². The molecule has 0 aliphatic carbocycles. The first kappa shape index (κ1) is 12.9. The molecule has 1 rings (SSSR count). The molecule has 0 amide bonds. The Balaban J connectivity index is 2.77. The van der Waals surface area contributed by atoms with Gasteiger partial charge >= 0.3 is 0 Å². The van der Waals surface area contributed by atoms with Gasteiger partial charge in [0.1, 0.15) is 0 Å². The van der Waals surface area contributed by atoms with E-state index in [4.69, 9.17) is 5.73 Å². The summed E-state index contributed by atoms with van der Waals surface area (Å²) in [5, 5.41) is 0. The zero-order valence-corrected chi connectivity index (χ0v) is 10.5. The maximum absolute atomic E-state index is 12.0. The molecule has 5 nitrogen and oxygen atoms in total. The van der Waals surface area contributed by atoms with Crippen LogP contribution >= 0.6 is 0 Å². The monoisotopic (exact) mass is 235 g/mol. The average molecular weight is 235 g/mol. The summed E-state index contributed by atoms with van der Waals surface area (Å²) in [4.78, 5) is 0. The first-order valence-electron chi connectivity index (χ1n) is 5.27. The third-order valence-corrected chi connectivity index (χ3v) is 5.19. The van der Waals surface area contributed by atoms with Gasteiger partial charge in [-0.3, -0.25) is 0 Å².